The fourth-order valence-electron chi connectivity index (χ4n) is 3.24. The third-order valence-corrected chi connectivity index (χ3v) is 5.07. The van der Waals surface area contributed by atoms with Crippen molar-refractivity contribution in [1.82, 2.24) is 0 Å². The average Bonchev–Trinajstić information content (AvgIpc) is 3.08. The minimum absolute atomic E-state index is 0.121. The number of benzene rings is 3. The van der Waals surface area contributed by atoms with E-state index in [4.69, 9.17) is 9.47 Å². The quantitative estimate of drug-likeness (QED) is 0.173. The summed E-state index contributed by atoms with van der Waals surface area (Å²) in [7, 11) is 0. The van der Waals surface area contributed by atoms with Crippen LogP contribution < -0.4 is 9.47 Å². The van der Waals surface area contributed by atoms with Crippen molar-refractivity contribution >= 4 is 23.5 Å². The Labute approximate surface area is 184 Å². The van der Waals surface area contributed by atoms with Crippen LogP contribution in [0.2, 0.25) is 0 Å². The van der Waals surface area contributed by atoms with Gasteiger partial charge < -0.3 is 9.47 Å². The molecule has 4 rings (SSSR count). The predicted molar refractivity (Wildman–Crippen MR) is 118 cm³/mol. The molecule has 0 bridgehead atoms. The van der Waals surface area contributed by atoms with Crippen LogP contribution in [0.15, 0.2) is 72.5 Å². The molecule has 0 fully saturated rings. The fraction of sp³-hybridized carbons (Fsp3) is 0.120. The highest BCUT2D eigenvalue weighted by atomic mass is 16.6. The molecule has 7 nitrogen and oxygen atoms in total. The van der Waals surface area contributed by atoms with Gasteiger partial charge in [-0.05, 0) is 47.4 Å². The fourth-order valence-corrected chi connectivity index (χ4v) is 3.24. The van der Waals surface area contributed by atoms with E-state index < -0.39 is 10.9 Å². The summed E-state index contributed by atoms with van der Waals surface area (Å²) in [6.45, 7) is 4.22. The Morgan fingerprint density at radius 2 is 1.72 bits per heavy atom. The molecule has 3 aromatic carbocycles. The Balaban J connectivity index is 1.50. The Morgan fingerprint density at radius 3 is 2.34 bits per heavy atom. The summed E-state index contributed by atoms with van der Waals surface area (Å²) in [5.41, 5.74) is 2.47. The Bertz CT molecular complexity index is 1240. The van der Waals surface area contributed by atoms with Crippen LogP contribution in [0.5, 0.6) is 11.5 Å². The van der Waals surface area contributed by atoms with Crippen LogP contribution in [0.1, 0.15) is 51.6 Å². The molecule has 0 saturated carbocycles. The van der Waals surface area contributed by atoms with Gasteiger partial charge in [0, 0.05) is 18.2 Å². The Morgan fingerprint density at radius 1 is 1.03 bits per heavy atom. The van der Waals surface area contributed by atoms with Gasteiger partial charge in [0.1, 0.15) is 11.5 Å². The Hall–Kier alpha value is -4.26. The number of nitro groups is 1. The molecule has 32 heavy (non-hydrogen) atoms. The van der Waals surface area contributed by atoms with Gasteiger partial charge >= 0.3 is 5.97 Å². The molecule has 7 heteroatoms. The molecule has 3 aromatic rings. The van der Waals surface area contributed by atoms with Gasteiger partial charge in [-0.2, -0.15) is 0 Å². The highest BCUT2D eigenvalue weighted by Crippen LogP contribution is 2.35. The summed E-state index contributed by atoms with van der Waals surface area (Å²) in [6.07, 6.45) is 1.68. The number of fused-ring (bicyclic) bond motifs is 1. The van der Waals surface area contributed by atoms with E-state index in [1.54, 1.807) is 12.1 Å². The molecule has 0 atom stereocenters. The SMILES string of the molecule is CC(C)c1ccc(/C=C2\Oc3cc(OC(=O)c4ccc([N+](=O)[O-])cc4)ccc3C2=O)cc1. The van der Waals surface area contributed by atoms with E-state index in [9.17, 15) is 19.7 Å². The van der Waals surface area contributed by atoms with Crippen LogP contribution in [0.25, 0.3) is 6.08 Å². The second-order valence-electron chi connectivity index (χ2n) is 7.61. The Kier molecular flexibility index (Phi) is 5.55. The van der Waals surface area contributed by atoms with Crippen molar-refractivity contribution in [2.75, 3.05) is 0 Å². The van der Waals surface area contributed by atoms with Crippen LogP contribution in [-0.4, -0.2) is 16.7 Å². The normalized spacial score (nSPS) is 13.7. The first-order valence-corrected chi connectivity index (χ1v) is 9.96. The van der Waals surface area contributed by atoms with Gasteiger partial charge in [0.15, 0.2) is 5.76 Å². The van der Waals surface area contributed by atoms with Crippen LogP contribution in [0.4, 0.5) is 5.69 Å². The maximum atomic E-state index is 12.7. The first-order valence-electron chi connectivity index (χ1n) is 9.96. The van der Waals surface area contributed by atoms with Crippen molar-refractivity contribution in [3.05, 3.63) is 105 Å². The lowest BCUT2D eigenvalue weighted by atomic mass is 10.0. The number of hydrogen-bond acceptors (Lipinski definition) is 6. The molecule has 0 aromatic heterocycles. The third-order valence-electron chi connectivity index (χ3n) is 5.07. The highest BCUT2D eigenvalue weighted by molar-refractivity contribution is 6.14. The zero-order valence-corrected chi connectivity index (χ0v) is 17.4. The van der Waals surface area contributed by atoms with Gasteiger partial charge in [-0.15, -0.1) is 0 Å². The number of ether oxygens (including phenoxy) is 2. The van der Waals surface area contributed by atoms with Crippen LogP contribution in [-0.2, 0) is 0 Å². The predicted octanol–water partition coefficient (Wildman–Crippen LogP) is 5.55. The number of carbonyl (C=O) groups is 2. The van der Waals surface area contributed by atoms with Crippen molar-refractivity contribution in [3.63, 3.8) is 0 Å². The number of rotatable bonds is 5. The number of hydrogen-bond donors (Lipinski definition) is 0. The zero-order valence-electron chi connectivity index (χ0n) is 17.4. The van der Waals surface area contributed by atoms with E-state index in [2.05, 4.69) is 13.8 Å². The molecule has 0 radical (unpaired) electrons. The standard InChI is InChI=1S/C25H19NO6/c1-15(2)17-5-3-16(4-6-17)13-23-24(27)21-12-11-20(14-22(21)32-23)31-25(28)18-7-9-19(10-8-18)26(29)30/h3-15H,1-2H3/b23-13-. The maximum absolute atomic E-state index is 12.7. The van der Waals surface area contributed by atoms with Crippen molar-refractivity contribution in [3.8, 4) is 11.5 Å². The number of esters is 1. The van der Waals surface area contributed by atoms with Crippen molar-refractivity contribution in [1.29, 1.82) is 0 Å². The molecule has 0 saturated heterocycles. The van der Waals surface area contributed by atoms with Gasteiger partial charge in [-0.1, -0.05) is 38.1 Å². The van der Waals surface area contributed by atoms with Crippen LogP contribution in [0.3, 0.4) is 0 Å². The van der Waals surface area contributed by atoms with E-state index in [0.717, 1.165) is 5.56 Å². The molecule has 1 heterocycles. The van der Waals surface area contributed by atoms with E-state index >= 15 is 0 Å². The zero-order chi connectivity index (χ0) is 22.8. The number of non-ortho nitro benzene ring substituents is 1. The average molecular weight is 429 g/mol. The summed E-state index contributed by atoms with van der Waals surface area (Å²) in [4.78, 5) is 35.2. The first kappa shape index (κ1) is 21.0. The van der Waals surface area contributed by atoms with Gasteiger partial charge in [0.25, 0.3) is 5.69 Å². The van der Waals surface area contributed by atoms with Crippen molar-refractivity contribution in [2.45, 2.75) is 19.8 Å². The van der Waals surface area contributed by atoms with Crippen LogP contribution in [0, 0.1) is 10.1 Å². The molecule has 0 unspecified atom stereocenters. The van der Waals surface area contributed by atoms with Crippen molar-refractivity contribution < 1.29 is 24.0 Å². The molecule has 1 aliphatic heterocycles. The number of allylic oxidation sites excluding steroid dienone is 1. The molecule has 0 aliphatic carbocycles. The summed E-state index contributed by atoms with van der Waals surface area (Å²) >= 11 is 0. The lowest BCUT2D eigenvalue weighted by molar-refractivity contribution is -0.384. The largest absolute Gasteiger partial charge is 0.452 e. The maximum Gasteiger partial charge on any atom is 0.343 e. The molecule has 160 valence electrons. The topological polar surface area (TPSA) is 95.7 Å². The highest BCUT2D eigenvalue weighted by Gasteiger charge is 2.28. The summed E-state index contributed by atoms with van der Waals surface area (Å²) in [6, 6.07) is 17.5. The molecular formula is C25H19NO6. The second kappa shape index (κ2) is 8.47. The van der Waals surface area contributed by atoms with E-state index in [1.807, 2.05) is 24.3 Å². The van der Waals surface area contributed by atoms with E-state index in [1.165, 1.54) is 42.0 Å². The summed E-state index contributed by atoms with van der Waals surface area (Å²) in [5, 5.41) is 10.7. The van der Waals surface area contributed by atoms with Gasteiger partial charge in [-0.3, -0.25) is 14.9 Å². The van der Waals surface area contributed by atoms with Crippen LogP contribution >= 0.6 is 0 Å². The van der Waals surface area contributed by atoms with Gasteiger partial charge in [-0.25, -0.2) is 4.79 Å². The van der Waals surface area contributed by atoms with E-state index in [-0.39, 0.29) is 28.5 Å². The number of nitro benzene ring substituents is 1. The van der Waals surface area contributed by atoms with Crippen molar-refractivity contribution in [2.24, 2.45) is 0 Å². The van der Waals surface area contributed by atoms with Gasteiger partial charge in [0.2, 0.25) is 5.78 Å². The minimum atomic E-state index is -0.676. The first-order chi connectivity index (χ1) is 15.3. The molecule has 1 aliphatic rings. The number of Topliss-reactive ketones (excluding diaryl/α,β-unsaturated/α-hetero) is 1. The smallest absolute Gasteiger partial charge is 0.343 e. The molecule has 0 amide bonds. The number of ketones is 1. The lowest BCUT2D eigenvalue weighted by Crippen LogP contribution is -2.08. The minimum Gasteiger partial charge on any atom is -0.452 e. The molecule has 0 N–H and O–H groups in total. The number of nitrogens with zero attached hydrogens (tertiary/aromatic N) is 1. The van der Waals surface area contributed by atoms with E-state index in [0.29, 0.717) is 17.2 Å². The van der Waals surface area contributed by atoms with Gasteiger partial charge in [0.05, 0.1) is 16.1 Å². The number of carbonyl (C=O) groups excluding carboxylic acids is 2. The molecule has 0 spiro atoms. The third kappa shape index (κ3) is 4.27. The second-order valence-corrected chi connectivity index (χ2v) is 7.61. The lowest BCUT2D eigenvalue weighted by Gasteiger charge is -2.06. The molecular weight excluding hydrogens is 410 g/mol. The summed E-state index contributed by atoms with van der Waals surface area (Å²) in [5.74, 6) is 0.177. The summed E-state index contributed by atoms with van der Waals surface area (Å²) < 4.78 is 11.0. The monoisotopic (exact) mass is 429 g/mol.